The van der Waals surface area contributed by atoms with E-state index in [1.165, 1.54) is 0 Å². The van der Waals surface area contributed by atoms with E-state index in [1.54, 1.807) is 37.3 Å². The van der Waals surface area contributed by atoms with Gasteiger partial charge in [-0.2, -0.15) is 0 Å². The fourth-order valence-electron chi connectivity index (χ4n) is 1.06. The summed E-state index contributed by atoms with van der Waals surface area (Å²) >= 11 is 0. The van der Waals surface area contributed by atoms with Gasteiger partial charge in [0.05, 0.1) is 0 Å². The lowest BCUT2D eigenvalue weighted by Gasteiger charge is -2.39. The minimum Gasteiger partial charge on any atom is -0.342 e. The van der Waals surface area contributed by atoms with Crippen molar-refractivity contribution in [3.63, 3.8) is 0 Å². The molecule has 0 spiro atoms. The molecule has 0 aliphatic heterocycles. The van der Waals surface area contributed by atoms with Gasteiger partial charge in [0, 0.05) is 28.2 Å². The molecule has 15 heavy (non-hydrogen) atoms. The van der Waals surface area contributed by atoms with Crippen LogP contribution in [0.2, 0.25) is 13.1 Å². The zero-order chi connectivity index (χ0) is 12.2. The van der Waals surface area contributed by atoms with Crippen molar-refractivity contribution < 1.29 is 9.59 Å². The number of rotatable bonds is 2. The maximum atomic E-state index is 11.5. The molecule has 0 aromatic rings. The minimum absolute atomic E-state index is 0.178. The van der Waals surface area contributed by atoms with E-state index < -0.39 is 8.40 Å². The Morgan fingerprint density at radius 1 is 0.933 bits per heavy atom. The number of hydrogen-bond donors (Lipinski definition) is 2. The first kappa shape index (κ1) is 13.8. The Bertz CT molecular complexity index is 233. The van der Waals surface area contributed by atoms with Gasteiger partial charge in [-0.3, -0.25) is 0 Å². The predicted molar refractivity (Wildman–Crippen MR) is 61.9 cm³/mol. The third kappa shape index (κ3) is 2.85. The van der Waals surface area contributed by atoms with Crippen LogP contribution in [0, 0.1) is 0 Å². The van der Waals surface area contributed by atoms with Crippen LogP contribution in [0.4, 0.5) is 9.59 Å². The van der Waals surface area contributed by atoms with Gasteiger partial charge in [0.1, 0.15) is 0 Å². The van der Waals surface area contributed by atoms with E-state index in [0.717, 1.165) is 0 Å². The molecule has 0 saturated heterocycles. The number of carbonyl (C=O) groups excluding carboxylic acids is 2. The molecule has 0 rings (SSSR count). The van der Waals surface area contributed by atoms with Crippen LogP contribution in [0.3, 0.4) is 0 Å². The van der Waals surface area contributed by atoms with Crippen molar-refractivity contribution in [3.8, 4) is 0 Å². The number of nitrogens with one attached hydrogen (secondary N) is 2. The number of urea groups is 2. The summed E-state index contributed by atoms with van der Waals surface area (Å²) in [5.74, 6) is 0. The van der Waals surface area contributed by atoms with Gasteiger partial charge in [-0.25, -0.2) is 9.59 Å². The average Bonchev–Trinajstić information content (AvgIpc) is 2.24. The largest absolute Gasteiger partial charge is 0.342 e. The molecule has 88 valence electrons. The van der Waals surface area contributed by atoms with E-state index in [1.807, 2.05) is 13.1 Å². The molecule has 0 aromatic heterocycles. The Morgan fingerprint density at radius 2 is 1.20 bits per heavy atom. The van der Waals surface area contributed by atoms with Gasteiger partial charge >= 0.3 is 12.1 Å². The van der Waals surface area contributed by atoms with Gasteiger partial charge in [-0.05, 0) is 13.1 Å². The molecule has 0 aliphatic carbocycles. The maximum Gasteiger partial charge on any atom is 0.310 e. The highest BCUT2D eigenvalue weighted by molar-refractivity contribution is 6.75. The first-order chi connectivity index (χ1) is 6.78. The van der Waals surface area contributed by atoms with Gasteiger partial charge in [-0.15, -0.1) is 0 Å². The number of hydrogen-bond acceptors (Lipinski definition) is 2. The Labute approximate surface area is 91.8 Å². The normalized spacial score (nSPS) is 10.5. The highest BCUT2D eigenvalue weighted by Gasteiger charge is 2.37. The lowest BCUT2D eigenvalue weighted by molar-refractivity contribution is 0.218. The summed E-state index contributed by atoms with van der Waals surface area (Å²) < 4.78 is 3.20. The molecule has 4 amide bonds. The standard InChI is InChI=1S/C8H20N4O2Si/c1-9-7(13)11(3)15(5,6)12(4)8(14)10-2/h1-6H3,(H,9,13)(H,10,14). The van der Waals surface area contributed by atoms with E-state index in [-0.39, 0.29) is 12.1 Å². The van der Waals surface area contributed by atoms with Crippen LogP contribution < -0.4 is 10.6 Å². The maximum absolute atomic E-state index is 11.5. The lowest BCUT2D eigenvalue weighted by Crippen LogP contribution is -2.65. The smallest absolute Gasteiger partial charge is 0.310 e. The van der Waals surface area contributed by atoms with E-state index in [0.29, 0.717) is 0 Å². The molecule has 0 fully saturated rings. The van der Waals surface area contributed by atoms with Gasteiger partial charge < -0.3 is 19.8 Å². The van der Waals surface area contributed by atoms with Crippen molar-refractivity contribution >= 4 is 20.5 Å². The summed E-state index contributed by atoms with van der Waals surface area (Å²) in [6.45, 7) is 3.86. The molecular formula is C8H20N4O2Si. The average molecular weight is 232 g/mol. The van der Waals surface area contributed by atoms with Crippen LogP contribution >= 0.6 is 0 Å². The fraction of sp³-hybridized carbons (Fsp3) is 0.750. The lowest BCUT2D eigenvalue weighted by atomic mass is 10.9. The summed E-state index contributed by atoms with van der Waals surface area (Å²) in [5, 5.41) is 5.09. The van der Waals surface area contributed by atoms with Crippen LogP contribution in [0.25, 0.3) is 0 Å². The Kier molecular flexibility index (Phi) is 4.60. The summed E-state index contributed by atoms with van der Waals surface area (Å²) in [7, 11) is 4.31. The first-order valence-electron chi connectivity index (χ1n) is 4.70. The third-order valence-electron chi connectivity index (χ3n) is 2.68. The van der Waals surface area contributed by atoms with Gasteiger partial charge in [0.25, 0.3) is 8.40 Å². The molecule has 0 aliphatic rings. The summed E-state index contributed by atoms with van der Waals surface area (Å²) in [5.41, 5.74) is 0. The monoisotopic (exact) mass is 232 g/mol. The van der Waals surface area contributed by atoms with Crippen LogP contribution in [-0.4, -0.2) is 57.8 Å². The van der Waals surface area contributed by atoms with Crippen molar-refractivity contribution in [2.45, 2.75) is 13.1 Å². The zero-order valence-corrected chi connectivity index (χ0v) is 11.2. The molecule has 0 radical (unpaired) electrons. The number of nitrogens with zero attached hydrogens (tertiary/aromatic N) is 2. The Morgan fingerprint density at radius 3 is 1.40 bits per heavy atom. The molecule has 0 atom stereocenters. The van der Waals surface area contributed by atoms with Crippen molar-refractivity contribution in [3.05, 3.63) is 0 Å². The van der Waals surface area contributed by atoms with Gasteiger partial charge in [0.2, 0.25) is 0 Å². The predicted octanol–water partition coefficient (Wildman–Crippen LogP) is 0.231. The van der Waals surface area contributed by atoms with E-state index in [2.05, 4.69) is 10.6 Å². The molecular weight excluding hydrogens is 212 g/mol. The fourth-order valence-corrected chi connectivity index (χ4v) is 2.73. The van der Waals surface area contributed by atoms with Crippen molar-refractivity contribution in [2.75, 3.05) is 28.2 Å². The van der Waals surface area contributed by atoms with E-state index in [4.69, 9.17) is 0 Å². The summed E-state index contributed by atoms with van der Waals surface area (Å²) in [4.78, 5) is 22.9. The van der Waals surface area contributed by atoms with Crippen molar-refractivity contribution in [1.29, 1.82) is 0 Å². The molecule has 0 heterocycles. The second-order valence-electron chi connectivity index (χ2n) is 3.72. The van der Waals surface area contributed by atoms with E-state index >= 15 is 0 Å². The molecule has 0 bridgehead atoms. The summed E-state index contributed by atoms with van der Waals surface area (Å²) in [6, 6.07) is -0.357. The van der Waals surface area contributed by atoms with Crippen LogP contribution in [-0.2, 0) is 0 Å². The molecule has 0 aromatic carbocycles. The third-order valence-corrected chi connectivity index (χ3v) is 6.37. The second kappa shape index (κ2) is 5.01. The summed E-state index contributed by atoms with van der Waals surface area (Å²) in [6.07, 6.45) is 0. The topological polar surface area (TPSA) is 64.7 Å². The quantitative estimate of drug-likeness (QED) is 0.669. The highest BCUT2D eigenvalue weighted by atomic mass is 28.3. The zero-order valence-electron chi connectivity index (χ0n) is 10.2. The van der Waals surface area contributed by atoms with Crippen molar-refractivity contribution in [1.82, 2.24) is 19.8 Å². The highest BCUT2D eigenvalue weighted by Crippen LogP contribution is 2.12. The Balaban J connectivity index is 4.79. The van der Waals surface area contributed by atoms with Crippen LogP contribution in [0.5, 0.6) is 0 Å². The van der Waals surface area contributed by atoms with Gasteiger partial charge in [0.15, 0.2) is 0 Å². The van der Waals surface area contributed by atoms with E-state index in [9.17, 15) is 9.59 Å². The molecule has 0 unspecified atom stereocenters. The number of carbonyl (C=O) groups is 2. The SMILES string of the molecule is CNC(=O)N(C)[Si](C)(C)N(C)C(=O)NC. The molecule has 0 saturated carbocycles. The van der Waals surface area contributed by atoms with Gasteiger partial charge in [-0.1, -0.05) is 0 Å². The molecule has 7 heteroatoms. The molecule has 2 N–H and O–H groups in total. The van der Waals surface area contributed by atoms with Crippen molar-refractivity contribution in [2.24, 2.45) is 0 Å². The second-order valence-corrected chi connectivity index (χ2v) is 8.05. The number of amides is 4. The van der Waals surface area contributed by atoms with Crippen LogP contribution in [0.15, 0.2) is 0 Å². The minimum atomic E-state index is -2.24. The first-order valence-corrected chi connectivity index (χ1v) is 7.59. The molecule has 6 nitrogen and oxygen atoms in total. The van der Waals surface area contributed by atoms with Crippen LogP contribution in [0.1, 0.15) is 0 Å². The Hall–Kier alpha value is -1.24.